The van der Waals surface area contributed by atoms with Gasteiger partial charge in [-0.2, -0.15) is 13.2 Å². The maximum absolute atomic E-state index is 13.1. The topological polar surface area (TPSA) is 67.9 Å². The van der Waals surface area contributed by atoms with Gasteiger partial charge in [-0.05, 0) is 42.8 Å². The molecule has 0 bridgehead atoms. The number of nitrogens with zero attached hydrogens (tertiary/aromatic N) is 1. The molecule has 1 heterocycles. The van der Waals surface area contributed by atoms with Crippen molar-refractivity contribution in [2.24, 2.45) is 0 Å². The fourth-order valence-electron chi connectivity index (χ4n) is 2.82. The van der Waals surface area contributed by atoms with Crippen molar-refractivity contribution in [3.63, 3.8) is 0 Å². The SMILES string of the molecule is CCCOc1ccc(C(F)(F)F)cc1NC(=O)CN1C(=O)COc2ccc(Cl)cc21. The molecule has 0 saturated heterocycles. The molecule has 0 fully saturated rings. The Morgan fingerprint density at radius 1 is 1.27 bits per heavy atom. The average molecular weight is 443 g/mol. The second kappa shape index (κ2) is 8.83. The number of carbonyl (C=O) groups excluding carboxylic acids is 2. The van der Waals surface area contributed by atoms with E-state index in [4.69, 9.17) is 21.1 Å². The summed E-state index contributed by atoms with van der Waals surface area (Å²) in [6, 6.07) is 7.45. The van der Waals surface area contributed by atoms with Crippen molar-refractivity contribution in [1.82, 2.24) is 0 Å². The molecule has 0 aliphatic carbocycles. The number of ether oxygens (including phenoxy) is 2. The molecule has 1 aliphatic rings. The number of halogens is 4. The number of anilines is 2. The Bertz CT molecular complexity index is 966. The first-order valence-corrected chi connectivity index (χ1v) is 9.43. The van der Waals surface area contributed by atoms with Crippen LogP contribution in [-0.4, -0.2) is 31.6 Å². The first-order valence-electron chi connectivity index (χ1n) is 9.05. The Balaban J connectivity index is 1.84. The Kier molecular flexibility index (Phi) is 6.40. The highest BCUT2D eigenvalue weighted by atomic mass is 35.5. The number of carbonyl (C=O) groups is 2. The highest BCUT2D eigenvalue weighted by molar-refractivity contribution is 6.31. The van der Waals surface area contributed by atoms with Crippen molar-refractivity contribution in [1.29, 1.82) is 0 Å². The number of hydrogen-bond donors (Lipinski definition) is 1. The Morgan fingerprint density at radius 2 is 2.03 bits per heavy atom. The lowest BCUT2D eigenvalue weighted by atomic mass is 10.1. The third-order valence-electron chi connectivity index (χ3n) is 4.21. The molecule has 30 heavy (non-hydrogen) atoms. The number of amides is 2. The number of nitrogens with one attached hydrogen (secondary N) is 1. The maximum atomic E-state index is 13.1. The first-order chi connectivity index (χ1) is 14.2. The van der Waals surface area contributed by atoms with Gasteiger partial charge in [0.2, 0.25) is 5.91 Å². The van der Waals surface area contributed by atoms with Crippen molar-refractivity contribution in [3.8, 4) is 11.5 Å². The van der Waals surface area contributed by atoms with Crippen LogP contribution in [0.25, 0.3) is 0 Å². The molecule has 160 valence electrons. The zero-order valence-electron chi connectivity index (χ0n) is 15.9. The minimum atomic E-state index is -4.58. The number of fused-ring (bicyclic) bond motifs is 1. The predicted octanol–water partition coefficient (Wildman–Crippen LogP) is 4.51. The van der Waals surface area contributed by atoms with Crippen LogP contribution in [0.4, 0.5) is 24.5 Å². The summed E-state index contributed by atoms with van der Waals surface area (Å²) in [5, 5.41) is 2.75. The molecule has 0 atom stereocenters. The van der Waals surface area contributed by atoms with Gasteiger partial charge in [0.1, 0.15) is 18.0 Å². The molecule has 1 N–H and O–H groups in total. The first kappa shape index (κ1) is 21.8. The van der Waals surface area contributed by atoms with E-state index in [9.17, 15) is 22.8 Å². The smallest absolute Gasteiger partial charge is 0.416 e. The minimum Gasteiger partial charge on any atom is -0.491 e. The van der Waals surface area contributed by atoms with E-state index in [0.717, 1.165) is 18.2 Å². The highest BCUT2D eigenvalue weighted by Gasteiger charge is 2.32. The molecule has 2 aromatic rings. The number of rotatable bonds is 6. The van der Waals surface area contributed by atoms with E-state index in [1.807, 2.05) is 6.92 Å². The van der Waals surface area contributed by atoms with E-state index in [-0.39, 0.29) is 24.7 Å². The van der Waals surface area contributed by atoms with Gasteiger partial charge in [0.05, 0.1) is 23.5 Å². The van der Waals surface area contributed by atoms with Crippen LogP contribution in [0.3, 0.4) is 0 Å². The van der Waals surface area contributed by atoms with Gasteiger partial charge in [-0.3, -0.25) is 14.5 Å². The fourth-order valence-corrected chi connectivity index (χ4v) is 2.99. The fraction of sp³-hybridized carbons (Fsp3) is 0.300. The van der Waals surface area contributed by atoms with Crippen molar-refractivity contribution in [3.05, 3.63) is 47.0 Å². The largest absolute Gasteiger partial charge is 0.491 e. The van der Waals surface area contributed by atoms with Crippen molar-refractivity contribution >= 4 is 34.8 Å². The number of hydrogen-bond acceptors (Lipinski definition) is 4. The molecule has 2 amide bonds. The zero-order valence-corrected chi connectivity index (χ0v) is 16.6. The Labute approximate surface area is 175 Å². The number of alkyl halides is 3. The molecule has 0 radical (unpaired) electrons. The Hall–Kier alpha value is -2.94. The van der Waals surface area contributed by atoms with Gasteiger partial charge in [0.25, 0.3) is 5.91 Å². The molecule has 0 aromatic heterocycles. The van der Waals surface area contributed by atoms with E-state index in [2.05, 4.69) is 5.32 Å². The molecule has 6 nitrogen and oxygen atoms in total. The lowest BCUT2D eigenvalue weighted by Crippen LogP contribution is -2.43. The second-order valence-electron chi connectivity index (χ2n) is 6.49. The van der Waals surface area contributed by atoms with Gasteiger partial charge < -0.3 is 14.8 Å². The van der Waals surface area contributed by atoms with E-state index in [1.54, 1.807) is 12.1 Å². The van der Waals surface area contributed by atoms with E-state index >= 15 is 0 Å². The third-order valence-corrected chi connectivity index (χ3v) is 4.44. The lowest BCUT2D eigenvalue weighted by molar-refractivity contribution is -0.137. The summed E-state index contributed by atoms with van der Waals surface area (Å²) in [5.41, 5.74) is -0.753. The maximum Gasteiger partial charge on any atom is 0.416 e. The van der Waals surface area contributed by atoms with E-state index < -0.39 is 30.1 Å². The molecular formula is C20H18ClF3N2O4. The summed E-state index contributed by atoms with van der Waals surface area (Å²) in [7, 11) is 0. The summed E-state index contributed by atoms with van der Waals surface area (Å²) in [5.74, 6) is -0.698. The average Bonchev–Trinajstić information content (AvgIpc) is 2.68. The third kappa shape index (κ3) is 4.96. The van der Waals surface area contributed by atoms with Gasteiger partial charge in [-0.1, -0.05) is 18.5 Å². The molecule has 0 spiro atoms. The van der Waals surface area contributed by atoms with Crippen LogP contribution in [-0.2, 0) is 15.8 Å². The van der Waals surface area contributed by atoms with Gasteiger partial charge in [0, 0.05) is 5.02 Å². The minimum absolute atomic E-state index is 0.106. The van der Waals surface area contributed by atoms with Crippen LogP contribution in [0.5, 0.6) is 11.5 Å². The summed E-state index contributed by atoms with van der Waals surface area (Å²) in [6.07, 6.45) is -3.95. The van der Waals surface area contributed by atoms with Crippen LogP contribution < -0.4 is 19.7 Å². The molecule has 3 rings (SSSR count). The van der Waals surface area contributed by atoms with Gasteiger partial charge >= 0.3 is 6.18 Å². The van der Waals surface area contributed by atoms with Crippen LogP contribution >= 0.6 is 11.6 Å². The van der Waals surface area contributed by atoms with Crippen molar-refractivity contribution < 1.29 is 32.2 Å². The molecule has 0 saturated carbocycles. The quantitative estimate of drug-likeness (QED) is 0.714. The second-order valence-corrected chi connectivity index (χ2v) is 6.92. The molecule has 10 heteroatoms. The lowest BCUT2D eigenvalue weighted by Gasteiger charge is -2.29. The predicted molar refractivity (Wildman–Crippen MR) is 105 cm³/mol. The molecular weight excluding hydrogens is 425 g/mol. The van der Waals surface area contributed by atoms with Crippen molar-refractivity contribution in [2.45, 2.75) is 19.5 Å². The summed E-state index contributed by atoms with van der Waals surface area (Å²) >= 11 is 5.97. The van der Waals surface area contributed by atoms with Crippen molar-refractivity contribution in [2.75, 3.05) is 30.0 Å². The molecule has 2 aromatic carbocycles. The van der Waals surface area contributed by atoms with Crippen LogP contribution in [0.2, 0.25) is 5.02 Å². The van der Waals surface area contributed by atoms with Gasteiger partial charge in [-0.25, -0.2) is 0 Å². The summed E-state index contributed by atoms with van der Waals surface area (Å²) < 4.78 is 50.0. The molecule has 0 unspecified atom stereocenters. The van der Waals surface area contributed by atoms with Crippen LogP contribution in [0, 0.1) is 0 Å². The van der Waals surface area contributed by atoms with Gasteiger partial charge in [-0.15, -0.1) is 0 Å². The van der Waals surface area contributed by atoms with E-state index in [0.29, 0.717) is 22.9 Å². The standard InChI is InChI=1S/C20H18ClF3N2O4/c1-2-7-29-16-5-3-12(20(22,23)24)8-14(16)25-18(27)10-26-15-9-13(21)4-6-17(15)30-11-19(26)28/h3-6,8-9H,2,7,10-11H2,1H3,(H,25,27). The summed E-state index contributed by atoms with van der Waals surface area (Å²) in [4.78, 5) is 26.0. The van der Waals surface area contributed by atoms with Crippen LogP contribution in [0.1, 0.15) is 18.9 Å². The van der Waals surface area contributed by atoms with Gasteiger partial charge in [0.15, 0.2) is 6.61 Å². The number of benzene rings is 2. The summed E-state index contributed by atoms with van der Waals surface area (Å²) in [6.45, 7) is 1.41. The van der Waals surface area contributed by atoms with Crippen LogP contribution in [0.15, 0.2) is 36.4 Å². The van der Waals surface area contributed by atoms with E-state index in [1.165, 1.54) is 11.0 Å². The highest BCUT2D eigenvalue weighted by Crippen LogP contribution is 2.36. The Morgan fingerprint density at radius 3 is 2.73 bits per heavy atom. The monoisotopic (exact) mass is 442 g/mol. The zero-order chi connectivity index (χ0) is 21.9. The molecule has 1 aliphatic heterocycles. The normalized spacial score (nSPS) is 13.5.